The predicted molar refractivity (Wildman–Crippen MR) is 52.9 cm³/mol. The molecule has 0 radical (unpaired) electrons. The zero-order valence-corrected chi connectivity index (χ0v) is 9.63. The number of aliphatic hydroxyl groups is 1. The summed E-state index contributed by atoms with van der Waals surface area (Å²) in [5.74, 6) is 0. The molecule has 6 heteroatoms. The van der Waals surface area contributed by atoms with E-state index in [9.17, 15) is 18.3 Å². The van der Waals surface area contributed by atoms with Gasteiger partial charge in [-0.05, 0) is 0 Å². The SMILES string of the molecule is Cn1cc([C@H](O)C(F)(F)F)c(C(C)(C)C)n1. The molecule has 1 heterocycles. The van der Waals surface area contributed by atoms with Gasteiger partial charge in [-0.3, -0.25) is 4.68 Å². The molecule has 1 atom stereocenters. The van der Waals surface area contributed by atoms with Gasteiger partial charge in [-0.2, -0.15) is 18.3 Å². The fraction of sp³-hybridized carbons (Fsp3) is 0.700. The minimum Gasteiger partial charge on any atom is -0.379 e. The quantitative estimate of drug-likeness (QED) is 0.812. The van der Waals surface area contributed by atoms with Crippen molar-refractivity contribution >= 4 is 0 Å². The first-order chi connectivity index (χ1) is 7.03. The number of aryl methyl sites for hydroxylation is 1. The van der Waals surface area contributed by atoms with Crippen molar-refractivity contribution in [2.24, 2.45) is 7.05 Å². The van der Waals surface area contributed by atoms with Crippen LogP contribution in [0.15, 0.2) is 6.20 Å². The molecule has 0 fully saturated rings. The van der Waals surface area contributed by atoms with E-state index < -0.39 is 17.7 Å². The Morgan fingerprint density at radius 2 is 1.81 bits per heavy atom. The molecule has 1 rings (SSSR count). The third-order valence-electron chi connectivity index (χ3n) is 2.17. The Labute approximate surface area is 91.9 Å². The van der Waals surface area contributed by atoms with Crippen molar-refractivity contribution in [1.29, 1.82) is 0 Å². The molecule has 0 aliphatic heterocycles. The molecule has 0 saturated heterocycles. The van der Waals surface area contributed by atoms with Crippen LogP contribution in [-0.4, -0.2) is 21.1 Å². The van der Waals surface area contributed by atoms with Crippen molar-refractivity contribution in [3.8, 4) is 0 Å². The Bertz CT molecular complexity index is 376. The van der Waals surface area contributed by atoms with Gasteiger partial charge in [-0.25, -0.2) is 0 Å². The van der Waals surface area contributed by atoms with E-state index in [-0.39, 0.29) is 11.3 Å². The highest BCUT2D eigenvalue weighted by Gasteiger charge is 2.42. The topological polar surface area (TPSA) is 38.0 Å². The van der Waals surface area contributed by atoms with Gasteiger partial charge in [0.05, 0.1) is 5.69 Å². The molecule has 0 amide bonds. The highest BCUT2D eigenvalue weighted by Crippen LogP contribution is 2.37. The zero-order chi connectivity index (χ0) is 12.7. The van der Waals surface area contributed by atoms with Gasteiger partial charge < -0.3 is 5.11 Å². The van der Waals surface area contributed by atoms with Crippen LogP contribution in [0.25, 0.3) is 0 Å². The summed E-state index contributed by atoms with van der Waals surface area (Å²) in [7, 11) is 1.53. The maximum atomic E-state index is 12.4. The summed E-state index contributed by atoms with van der Waals surface area (Å²) >= 11 is 0. The molecule has 0 aliphatic carbocycles. The van der Waals surface area contributed by atoms with Gasteiger partial charge in [0.2, 0.25) is 0 Å². The van der Waals surface area contributed by atoms with Crippen LogP contribution in [0.3, 0.4) is 0 Å². The lowest BCUT2D eigenvalue weighted by Crippen LogP contribution is -2.24. The van der Waals surface area contributed by atoms with Crippen molar-refractivity contribution in [2.75, 3.05) is 0 Å². The molecular formula is C10H15F3N2O. The summed E-state index contributed by atoms with van der Waals surface area (Å²) < 4.78 is 38.6. The monoisotopic (exact) mass is 236 g/mol. The summed E-state index contributed by atoms with van der Waals surface area (Å²) in [5.41, 5.74) is -0.453. The minimum atomic E-state index is -4.66. The van der Waals surface area contributed by atoms with Gasteiger partial charge in [-0.15, -0.1) is 0 Å². The fourth-order valence-corrected chi connectivity index (χ4v) is 1.47. The van der Waals surface area contributed by atoms with Crippen LogP contribution in [0.5, 0.6) is 0 Å². The lowest BCUT2D eigenvalue weighted by Gasteiger charge is -2.21. The van der Waals surface area contributed by atoms with Crippen LogP contribution in [0.4, 0.5) is 13.2 Å². The predicted octanol–water partition coefficient (Wildman–Crippen LogP) is 2.31. The number of rotatable bonds is 1. The Hall–Kier alpha value is -1.04. The third-order valence-corrected chi connectivity index (χ3v) is 2.17. The van der Waals surface area contributed by atoms with E-state index in [1.165, 1.54) is 17.9 Å². The third kappa shape index (κ3) is 2.55. The van der Waals surface area contributed by atoms with E-state index in [1.807, 2.05) is 0 Å². The number of hydrogen-bond donors (Lipinski definition) is 1. The lowest BCUT2D eigenvalue weighted by molar-refractivity contribution is -0.207. The largest absolute Gasteiger partial charge is 0.418 e. The van der Waals surface area contributed by atoms with Gasteiger partial charge in [0.25, 0.3) is 0 Å². The summed E-state index contributed by atoms with van der Waals surface area (Å²) in [4.78, 5) is 0. The molecule has 3 nitrogen and oxygen atoms in total. The molecule has 0 aliphatic rings. The van der Waals surface area contributed by atoms with Gasteiger partial charge in [0.15, 0.2) is 6.10 Å². The molecule has 92 valence electrons. The number of nitrogens with zero attached hydrogens (tertiary/aromatic N) is 2. The van der Waals surface area contributed by atoms with Crippen molar-refractivity contribution < 1.29 is 18.3 Å². The fourth-order valence-electron chi connectivity index (χ4n) is 1.47. The summed E-state index contributed by atoms with van der Waals surface area (Å²) in [6, 6.07) is 0. The average Bonchev–Trinajstić information content (AvgIpc) is 2.43. The Morgan fingerprint density at radius 3 is 2.19 bits per heavy atom. The Morgan fingerprint density at radius 1 is 1.31 bits per heavy atom. The second-order valence-electron chi connectivity index (χ2n) is 4.80. The molecule has 0 saturated carbocycles. The summed E-state index contributed by atoms with van der Waals surface area (Å²) in [6.45, 7) is 5.26. The highest BCUT2D eigenvalue weighted by atomic mass is 19.4. The molecule has 1 aromatic rings. The van der Waals surface area contributed by atoms with Gasteiger partial charge in [-0.1, -0.05) is 20.8 Å². The van der Waals surface area contributed by atoms with Crippen LogP contribution in [-0.2, 0) is 12.5 Å². The van der Waals surface area contributed by atoms with E-state index in [1.54, 1.807) is 20.8 Å². The number of halogens is 3. The van der Waals surface area contributed by atoms with E-state index in [2.05, 4.69) is 5.10 Å². The normalized spacial score (nSPS) is 15.2. The van der Waals surface area contributed by atoms with Gasteiger partial charge in [0, 0.05) is 24.2 Å². The van der Waals surface area contributed by atoms with Crippen LogP contribution < -0.4 is 0 Å². The molecule has 1 aromatic heterocycles. The van der Waals surface area contributed by atoms with E-state index in [0.29, 0.717) is 0 Å². The molecule has 0 spiro atoms. The van der Waals surface area contributed by atoms with Crippen LogP contribution in [0.2, 0.25) is 0 Å². The van der Waals surface area contributed by atoms with Crippen molar-refractivity contribution in [1.82, 2.24) is 9.78 Å². The first kappa shape index (κ1) is 13.0. The van der Waals surface area contributed by atoms with Gasteiger partial charge in [0.1, 0.15) is 0 Å². The zero-order valence-electron chi connectivity index (χ0n) is 9.63. The molecule has 0 bridgehead atoms. The van der Waals surface area contributed by atoms with Crippen molar-refractivity contribution in [2.45, 2.75) is 38.5 Å². The Balaban J connectivity index is 3.24. The maximum Gasteiger partial charge on any atom is 0.418 e. The Kier molecular flexibility index (Phi) is 3.06. The minimum absolute atomic E-state index is 0.178. The second kappa shape index (κ2) is 3.76. The molecule has 1 N–H and O–H groups in total. The second-order valence-corrected chi connectivity index (χ2v) is 4.80. The van der Waals surface area contributed by atoms with Crippen LogP contribution >= 0.6 is 0 Å². The number of hydrogen-bond acceptors (Lipinski definition) is 2. The number of aromatic nitrogens is 2. The lowest BCUT2D eigenvalue weighted by atomic mass is 9.88. The van der Waals surface area contributed by atoms with E-state index >= 15 is 0 Å². The smallest absolute Gasteiger partial charge is 0.379 e. The summed E-state index contributed by atoms with van der Waals surface area (Å²) in [6.07, 6.45) is -5.93. The van der Waals surface area contributed by atoms with Crippen LogP contribution in [0.1, 0.15) is 38.1 Å². The van der Waals surface area contributed by atoms with E-state index in [4.69, 9.17) is 0 Å². The molecule has 16 heavy (non-hydrogen) atoms. The van der Waals surface area contributed by atoms with Crippen molar-refractivity contribution in [3.63, 3.8) is 0 Å². The summed E-state index contributed by atoms with van der Waals surface area (Å²) in [5, 5.41) is 13.2. The standard InChI is InChI=1S/C10H15F3N2O/c1-9(2,3)7-6(5-15(4)14-7)8(16)10(11,12)13/h5,8,16H,1-4H3/t8-/m0/s1. The molecule has 0 aromatic carbocycles. The van der Waals surface area contributed by atoms with Gasteiger partial charge >= 0.3 is 6.18 Å². The number of aliphatic hydroxyl groups excluding tert-OH is 1. The first-order valence-electron chi connectivity index (χ1n) is 4.82. The number of alkyl halides is 3. The maximum absolute atomic E-state index is 12.4. The molecular weight excluding hydrogens is 221 g/mol. The average molecular weight is 236 g/mol. The first-order valence-corrected chi connectivity index (χ1v) is 4.82. The highest BCUT2D eigenvalue weighted by molar-refractivity contribution is 5.27. The van der Waals surface area contributed by atoms with Crippen molar-refractivity contribution in [3.05, 3.63) is 17.5 Å². The van der Waals surface area contributed by atoms with Crippen LogP contribution in [0, 0.1) is 0 Å². The molecule has 0 unspecified atom stereocenters. The van der Waals surface area contributed by atoms with E-state index in [0.717, 1.165) is 0 Å².